The van der Waals surface area contributed by atoms with Gasteiger partial charge in [-0.05, 0) is 56.0 Å². The van der Waals surface area contributed by atoms with Gasteiger partial charge in [-0.15, -0.1) is 0 Å². The van der Waals surface area contributed by atoms with Crippen molar-refractivity contribution < 1.29 is 23.9 Å². The zero-order valence-electron chi connectivity index (χ0n) is 23.3. The first-order chi connectivity index (χ1) is 19.4. The van der Waals surface area contributed by atoms with Gasteiger partial charge in [0, 0.05) is 51.4 Å². The number of hydrogen-bond acceptors (Lipinski definition) is 6. The van der Waals surface area contributed by atoms with Crippen molar-refractivity contribution in [3.05, 3.63) is 71.4 Å². The minimum absolute atomic E-state index is 0.181. The van der Waals surface area contributed by atoms with E-state index >= 15 is 0 Å². The van der Waals surface area contributed by atoms with Gasteiger partial charge in [0.15, 0.2) is 0 Å². The molecule has 3 aliphatic rings. The van der Waals surface area contributed by atoms with E-state index in [9.17, 15) is 14.4 Å². The van der Waals surface area contributed by atoms with E-state index in [4.69, 9.17) is 9.47 Å². The first-order valence-electron chi connectivity index (χ1n) is 14.2. The van der Waals surface area contributed by atoms with E-state index in [1.807, 2.05) is 59.5 Å². The monoisotopic (exact) mass is 546 g/mol. The van der Waals surface area contributed by atoms with Gasteiger partial charge in [-0.25, -0.2) is 9.59 Å². The zero-order valence-corrected chi connectivity index (χ0v) is 23.3. The highest BCUT2D eigenvalue weighted by atomic mass is 16.5. The van der Waals surface area contributed by atoms with Gasteiger partial charge in [0.25, 0.3) is 0 Å². The SMILES string of the molecule is CCOC(=O)C1=C(CN2CCCN(C(=O)C3CCC3)CC2)N(C)C(=O)NC1c1cccc(Oc2ccccc2)c1. The molecular weight excluding hydrogens is 508 g/mol. The number of rotatable bonds is 8. The van der Waals surface area contributed by atoms with E-state index in [2.05, 4.69) is 10.2 Å². The second kappa shape index (κ2) is 12.6. The van der Waals surface area contributed by atoms with Crippen molar-refractivity contribution in [3.63, 3.8) is 0 Å². The number of urea groups is 1. The van der Waals surface area contributed by atoms with Crippen LogP contribution in [0.4, 0.5) is 4.79 Å². The molecule has 9 nitrogen and oxygen atoms in total. The van der Waals surface area contributed by atoms with Crippen molar-refractivity contribution in [2.75, 3.05) is 46.4 Å². The molecule has 1 N–H and O–H groups in total. The molecule has 2 aromatic rings. The van der Waals surface area contributed by atoms with Crippen molar-refractivity contribution in [2.24, 2.45) is 5.92 Å². The molecule has 1 saturated carbocycles. The number of likely N-dealkylation sites (N-methyl/N-ethyl adjacent to an activating group) is 1. The number of amides is 3. The van der Waals surface area contributed by atoms with Gasteiger partial charge in [0.2, 0.25) is 5.91 Å². The van der Waals surface area contributed by atoms with Crippen LogP contribution in [0.1, 0.15) is 44.2 Å². The lowest BCUT2D eigenvalue weighted by atomic mass is 9.84. The Labute approximate surface area is 235 Å². The number of carbonyl (C=O) groups excluding carboxylic acids is 3. The van der Waals surface area contributed by atoms with Crippen LogP contribution in [0.25, 0.3) is 0 Å². The van der Waals surface area contributed by atoms with Gasteiger partial charge in [-0.1, -0.05) is 36.8 Å². The largest absolute Gasteiger partial charge is 0.463 e. The Kier molecular flexibility index (Phi) is 8.69. The van der Waals surface area contributed by atoms with Gasteiger partial charge < -0.3 is 19.7 Å². The summed E-state index contributed by atoms with van der Waals surface area (Å²) in [6.07, 6.45) is 3.97. The Morgan fingerprint density at radius 3 is 2.45 bits per heavy atom. The summed E-state index contributed by atoms with van der Waals surface area (Å²) in [4.78, 5) is 45.2. The molecule has 212 valence electrons. The number of ether oxygens (including phenoxy) is 2. The van der Waals surface area contributed by atoms with Crippen molar-refractivity contribution in [1.29, 1.82) is 0 Å². The molecule has 2 heterocycles. The minimum atomic E-state index is -0.694. The number of nitrogens with one attached hydrogen (secondary N) is 1. The van der Waals surface area contributed by atoms with Crippen LogP contribution in [0.5, 0.6) is 11.5 Å². The standard InChI is InChI=1S/C31H38N4O5/c1-3-39-30(37)27-26(21-34-16-9-17-35(19-18-34)29(36)22-10-7-11-22)33(2)31(38)32-28(27)23-12-8-15-25(20-23)40-24-13-5-4-6-14-24/h4-6,8,12-15,20,22,28H,3,7,9-11,16-19,21H2,1-2H3,(H,32,38). The Morgan fingerprint density at radius 1 is 0.950 bits per heavy atom. The topological polar surface area (TPSA) is 91.4 Å². The summed E-state index contributed by atoms with van der Waals surface area (Å²) < 4.78 is 11.5. The molecular formula is C31H38N4O5. The predicted octanol–water partition coefficient (Wildman–Crippen LogP) is 4.33. The van der Waals surface area contributed by atoms with Gasteiger partial charge in [0.05, 0.1) is 18.2 Å². The number of hydrogen-bond donors (Lipinski definition) is 1. The molecule has 0 aromatic heterocycles. The maximum Gasteiger partial charge on any atom is 0.338 e. The molecule has 0 spiro atoms. The second-order valence-corrected chi connectivity index (χ2v) is 10.6. The van der Waals surface area contributed by atoms with Gasteiger partial charge in [-0.2, -0.15) is 0 Å². The molecule has 40 heavy (non-hydrogen) atoms. The lowest BCUT2D eigenvalue weighted by Crippen LogP contribution is -2.49. The van der Waals surface area contributed by atoms with E-state index in [-0.39, 0.29) is 24.5 Å². The summed E-state index contributed by atoms with van der Waals surface area (Å²) in [5.41, 5.74) is 1.75. The third kappa shape index (κ3) is 6.14. The van der Waals surface area contributed by atoms with Crippen molar-refractivity contribution in [1.82, 2.24) is 20.0 Å². The molecule has 1 atom stereocenters. The Bertz CT molecular complexity index is 1260. The average molecular weight is 547 g/mol. The van der Waals surface area contributed by atoms with Gasteiger partial charge >= 0.3 is 12.0 Å². The summed E-state index contributed by atoms with van der Waals surface area (Å²) in [5.74, 6) is 1.29. The molecule has 2 fully saturated rings. The van der Waals surface area contributed by atoms with Crippen LogP contribution in [-0.2, 0) is 14.3 Å². The van der Waals surface area contributed by atoms with Crippen molar-refractivity contribution in [3.8, 4) is 11.5 Å². The van der Waals surface area contributed by atoms with E-state index in [0.717, 1.165) is 44.3 Å². The Morgan fingerprint density at radius 2 is 1.73 bits per heavy atom. The third-order valence-corrected chi connectivity index (χ3v) is 7.97. The van der Waals surface area contributed by atoms with Gasteiger partial charge in [-0.3, -0.25) is 14.6 Å². The second-order valence-electron chi connectivity index (χ2n) is 10.6. The summed E-state index contributed by atoms with van der Waals surface area (Å²) in [6, 6.07) is 15.9. The van der Waals surface area contributed by atoms with Gasteiger partial charge in [0.1, 0.15) is 11.5 Å². The van der Waals surface area contributed by atoms with Crippen molar-refractivity contribution >= 4 is 17.9 Å². The fourth-order valence-electron chi connectivity index (χ4n) is 5.50. The van der Waals surface area contributed by atoms with E-state index in [0.29, 0.717) is 42.4 Å². The summed E-state index contributed by atoms with van der Waals surface area (Å²) in [5, 5.41) is 2.99. The maximum absolute atomic E-state index is 13.4. The quantitative estimate of drug-likeness (QED) is 0.496. The fraction of sp³-hybridized carbons (Fsp3) is 0.452. The molecule has 9 heteroatoms. The van der Waals surface area contributed by atoms with E-state index in [1.165, 1.54) is 4.90 Å². The average Bonchev–Trinajstić information content (AvgIpc) is 3.16. The van der Waals surface area contributed by atoms with E-state index in [1.54, 1.807) is 14.0 Å². The number of esters is 1. The molecule has 5 rings (SSSR count). The molecule has 2 aliphatic heterocycles. The summed E-state index contributed by atoms with van der Waals surface area (Å²) in [7, 11) is 1.68. The smallest absolute Gasteiger partial charge is 0.338 e. The number of nitrogens with zero attached hydrogens (tertiary/aromatic N) is 3. The maximum atomic E-state index is 13.4. The molecule has 2 aromatic carbocycles. The fourth-order valence-corrected chi connectivity index (χ4v) is 5.50. The van der Waals surface area contributed by atoms with Crippen LogP contribution in [0.2, 0.25) is 0 Å². The van der Waals surface area contributed by atoms with Crippen LogP contribution >= 0.6 is 0 Å². The Balaban J connectivity index is 1.41. The van der Waals surface area contributed by atoms with Crippen LogP contribution in [0.15, 0.2) is 65.9 Å². The number of benzene rings is 2. The van der Waals surface area contributed by atoms with E-state index < -0.39 is 12.0 Å². The lowest BCUT2D eigenvalue weighted by Gasteiger charge is -2.36. The van der Waals surface area contributed by atoms with Crippen LogP contribution in [-0.4, -0.2) is 79.0 Å². The molecule has 1 unspecified atom stereocenters. The Hall–Kier alpha value is -3.85. The molecule has 1 saturated heterocycles. The minimum Gasteiger partial charge on any atom is -0.463 e. The molecule has 0 bridgehead atoms. The first kappa shape index (κ1) is 27.7. The summed E-state index contributed by atoms with van der Waals surface area (Å²) >= 11 is 0. The highest BCUT2D eigenvalue weighted by molar-refractivity contribution is 5.95. The molecule has 0 radical (unpaired) electrons. The summed E-state index contributed by atoms with van der Waals surface area (Å²) in [6.45, 7) is 5.24. The predicted molar refractivity (Wildman–Crippen MR) is 151 cm³/mol. The zero-order chi connectivity index (χ0) is 28.1. The highest BCUT2D eigenvalue weighted by Crippen LogP contribution is 2.34. The lowest BCUT2D eigenvalue weighted by molar-refractivity contribution is -0.139. The van der Waals surface area contributed by atoms with Crippen LogP contribution in [0, 0.1) is 5.92 Å². The number of para-hydroxylation sites is 1. The van der Waals surface area contributed by atoms with Crippen LogP contribution < -0.4 is 10.1 Å². The third-order valence-electron chi connectivity index (χ3n) is 7.97. The highest BCUT2D eigenvalue weighted by Gasteiger charge is 2.38. The first-order valence-corrected chi connectivity index (χ1v) is 14.2. The molecule has 3 amide bonds. The number of carbonyl (C=O) groups is 3. The van der Waals surface area contributed by atoms with Crippen LogP contribution in [0.3, 0.4) is 0 Å². The molecule has 1 aliphatic carbocycles. The van der Waals surface area contributed by atoms with Crippen molar-refractivity contribution in [2.45, 2.75) is 38.6 Å². The normalized spacial score (nSPS) is 20.4.